The minimum absolute atomic E-state index is 0.00491. The smallest absolute Gasteiger partial charge is 0.393 e. The van der Waals surface area contributed by atoms with Gasteiger partial charge >= 0.3 is 6.18 Å². The summed E-state index contributed by atoms with van der Waals surface area (Å²) in [6.45, 7) is 0.381. The summed E-state index contributed by atoms with van der Waals surface area (Å²) in [5.41, 5.74) is -0.839. The van der Waals surface area contributed by atoms with Crippen molar-refractivity contribution in [1.29, 1.82) is 0 Å². The number of aliphatic hydroxyl groups excluding tert-OH is 1. The zero-order valence-electron chi connectivity index (χ0n) is 10.1. The van der Waals surface area contributed by atoms with E-state index in [1.807, 2.05) is 0 Å². The van der Waals surface area contributed by atoms with Crippen molar-refractivity contribution in [2.45, 2.75) is 25.1 Å². The van der Waals surface area contributed by atoms with Crippen LogP contribution in [0.15, 0.2) is 24.3 Å². The summed E-state index contributed by atoms with van der Waals surface area (Å²) in [5.74, 6) is -0.308. The first-order chi connectivity index (χ1) is 8.86. The average molecular weight is 273 g/mol. The van der Waals surface area contributed by atoms with Crippen molar-refractivity contribution in [3.63, 3.8) is 0 Å². The summed E-state index contributed by atoms with van der Waals surface area (Å²) in [5, 5.41) is 11.7. The summed E-state index contributed by atoms with van der Waals surface area (Å²) < 4.78 is 37.5. The molecule has 0 unspecified atom stereocenters. The number of halogens is 3. The quantitative estimate of drug-likeness (QED) is 0.887. The van der Waals surface area contributed by atoms with E-state index in [1.54, 1.807) is 0 Å². The van der Waals surface area contributed by atoms with E-state index < -0.39 is 17.6 Å². The van der Waals surface area contributed by atoms with Crippen LogP contribution in [0.1, 0.15) is 28.8 Å². The first-order valence-electron chi connectivity index (χ1n) is 6.00. The van der Waals surface area contributed by atoms with Gasteiger partial charge in [0.2, 0.25) is 0 Å². The fraction of sp³-hybridized carbons (Fsp3) is 0.462. The molecule has 3 nitrogen and oxygen atoms in total. The number of amides is 1. The van der Waals surface area contributed by atoms with E-state index in [2.05, 4.69) is 5.32 Å². The van der Waals surface area contributed by atoms with Crippen LogP contribution >= 0.6 is 0 Å². The fourth-order valence-corrected chi connectivity index (χ4v) is 2.04. The van der Waals surface area contributed by atoms with E-state index in [-0.39, 0.29) is 17.6 Å². The predicted octanol–water partition coefficient (Wildman–Crippen LogP) is 2.21. The van der Waals surface area contributed by atoms with E-state index in [1.165, 1.54) is 12.1 Å². The van der Waals surface area contributed by atoms with Gasteiger partial charge in [-0.25, -0.2) is 0 Å². The van der Waals surface area contributed by atoms with Crippen LogP contribution in [-0.2, 0) is 6.18 Å². The Morgan fingerprint density at radius 3 is 2.63 bits per heavy atom. The van der Waals surface area contributed by atoms with Crippen molar-refractivity contribution >= 4 is 5.91 Å². The number of aliphatic hydroxyl groups is 1. The Morgan fingerprint density at radius 1 is 1.37 bits per heavy atom. The monoisotopic (exact) mass is 273 g/mol. The van der Waals surface area contributed by atoms with Crippen LogP contribution in [0.4, 0.5) is 13.2 Å². The topological polar surface area (TPSA) is 49.3 Å². The number of carbonyl (C=O) groups is 1. The SMILES string of the molecule is O=C(NCC1CC(O)C1)c1cccc(C(F)(F)F)c1. The second-order valence-corrected chi connectivity index (χ2v) is 4.78. The molecular weight excluding hydrogens is 259 g/mol. The van der Waals surface area contributed by atoms with Gasteiger partial charge in [-0.2, -0.15) is 13.2 Å². The third kappa shape index (κ3) is 3.47. The molecule has 0 atom stereocenters. The van der Waals surface area contributed by atoms with Crippen LogP contribution in [0.3, 0.4) is 0 Å². The Balaban J connectivity index is 1.95. The molecule has 104 valence electrons. The number of rotatable bonds is 3. The van der Waals surface area contributed by atoms with Gasteiger partial charge in [0.15, 0.2) is 0 Å². The fourth-order valence-electron chi connectivity index (χ4n) is 2.04. The van der Waals surface area contributed by atoms with Crippen molar-refractivity contribution in [3.8, 4) is 0 Å². The molecule has 1 fully saturated rings. The van der Waals surface area contributed by atoms with Gasteiger partial charge in [0.25, 0.3) is 5.91 Å². The largest absolute Gasteiger partial charge is 0.416 e. The van der Waals surface area contributed by atoms with Gasteiger partial charge in [-0.3, -0.25) is 4.79 Å². The molecule has 1 aromatic carbocycles. The zero-order valence-corrected chi connectivity index (χ0v) is 10.1. The standard InChI is InChI=1S/C13H14F3NO2/c14-13(15,16)10-3-1-2-9(6-10)12(19)17-7-8-4-11(18)5-8/h1-3,6,8,11,18H,4-5,7H2,(H,17,19). The number of alkyl halides is 3. The molecule has 1 amide bonds. The Labute approximate surface area is 108 Å². The normalized spacial score (nSPS) is 22.7. The molecule has 1 aliphatic rings. The lowest BCUT2D eigenvalue weighted by molar-refractivity contribution is -0.137. The molecule has 0 aliphatic heterocycles. The van der Waals surface area contributed by atoms with E-state index in [4.69, 9.17) is 5.11 Å². The molecule has 0 saturated heterocycles. The summed E-state index contributed by atoms with van der Waals surface area (Å²) in [7, 11) is 0. The Kier molecular flexibility index (Phi) is 3.80. The minimum atomic E-state index is -4.45. The molecule has 1 aromatic rings. The van der Waals surface area contributed by atoms with Crippen LogP contribution in [0.25, 0.3) is 0 Å². The van der Waals surface area contributed by atoms with Gasteiger partial charge in [0.05, 0.1) is 11.7 Å². The summed E-state index contributed by atoms with van der Waals surface area (Å²) in [4.78, 5) is 11.7. The number of hydrogen-bond acceptors (Lipinski definition) is 2. The maximum absolute atomic E-state index is 12.5. The van der Waals surface area contributed by atoms with Crippen LogP contribution in [0, 0.1) is 5.92 Å². The lowest BCUT2D eigenvalue weighted by Gasteiger charge is -2.31. The van der Waals surface area contributed by atoms with E-state index in [0.717, 1.165) is 12.1 Å². The molecular formula is C13H14F3NO2. The first kappa shape index (κ1) is 13.9. The zero-order chi connectivity index (χ0) is 14.0. The van der Waals surface area contributed by atoms with Crippen molar-refractivity contribution < 1.29 is 23.1 Å². The molecule has 19 heavy (non-hydrogen) atoms. The van der Waals surface area contributed by atoms with E-state index in [9.17, 15) is 18.0 Å². The van der Waals surface area contributed by atoms with Gasteiger partial charge < -0.3 is 10.4 Å². The average Bonchev–Trinajstić information content (AvgIpc) is 2.32. The number of hydrogen-bond donors (Lipinski definition) is 2. The minimum Gasteiger partial charge on any atom is -0.393 e. The number of benzene rings is 1. The lowest BCUT2D eigenvalue weighted by Crippen LogP contribution is -2.38. The number of nitrogens with one attached hydrogen (secondary N) is 1. The second-order valence-electron chi connectivity index (χ2n) is 4.78. The van der Waals surface area contributed by atoms with Crippen LogP contribution < -0.4 is 5.32 Å². The molecule has 2 rings (SSSR count). The maximum Gasteiger partial charge on any atom is 0.416 e. The highest BCUT2D eigenvalue weighted by atomic mass is 19.4. The third-order valence-corrected chi connectivity index (χ3v) is 3.21. The van der Waals surface area contributed by atoms with Crippen LogP contribution in [0.2, 0.25) is 0 Å². The maximum atomic E-state index is 12.5. The molecule has 0 aromatic heterocycles. The van der Waals surface area contributed by atoms with E-state index in [0.29, 0.717) is 19.4 Å². The van der Waals surface area contributed by atoms with Gasteiger partial charge in [0.1, 0.15) is 0 Å². The molecule has 2 N–H and O–H groups in total. The Bertz CT molecular complexity index is 467. The van der Waals surface area contributed by atoms with Crippen molar-refractivity contribution in [1.82, 2.24) is 5.32 Å². The van der Waals surface area contributed by atoms with Gasteiger partial charge in [-0.1, -0.05) is 6.07 Å². The highest BCUT2D eigenvalue weighted by molar-refractivity contribution is 5.94. The van der Waals surface area contributed by atoms with Gasteiger partial charge in [-0.05, 0) is 37.0 Å². The molecule has 0 bridgehead atoms. The first-order valence-corrected chi connectivity index (χ1v) is 6.00. The Morgan fingerprint density at radius 2 is 2.05 bits per heavy atom. The van der Waals surface area contributed by atoms with Gasteiger partial charge in [0, 0.05) is 12.1 Å². The van der Waals surface area contributed by atoms with Crippen LogP contribution in [-0.4, -0.2) is 23.7 Å². The van der Waals surface area contributed by atoms with Crippen molar-refractivity contribution in [2.75, 3.05) is 6.54 Å². The molecule has 0 heterocycles. The second kappa shape index (κ2) is 5.21. The highest BCUT2D eigenvalue weighted by Gasteiger charge is 2.31. The molecule has 1 aliphatic carbocycles. The lowest BCUT2D eigenvalue weighted by atomic mass is 9.82. The summed E-state index contributed by atoms with van der Waals surface area (Å²) >= 11 is 0. The van der Waals surface area contributed by atoms with Crippen LogP contribution in [0.5, 0.6) is 0 Å². The molecule has 0 radical (unpaired) electrons. The molecule has 6 heteroatoms. The third-order valence-electron chi connectivity index (χ3n) is 3.21. The summed E-state index contributed by atoms with van der Waals surface area (Å²) in [6, 6.07) is 4.33. The summed E-state index contributed by atoms with van der Waals surface area (Å²) in [6.07, 6.45) is -3.50. The van der Waals surface area contributed by atoms with Crippen molar-refractivity contribution in [3.05, 3.63) is 35.4 Å². The van der Waals surface area contributed by atoms with Crippen molar-refractivity contribution in [2.24, 2.45) is 5.92 Å². The Hall–Kier alpha value is -1.56. The highest BCUT2D eigenvalue weighted by Crippen LogP contribution is 2.29. The van der Waals surface area contributed by atoms with E-state index >= 15 is 0 Å². The molecule has 0 spiro atoms. The number of carbonyl (C=O) groups excluding carboxylic acids is 1. The predicted molar refractivity (Wildman–Crippen MR) is 62.5 cm³/mol. The molecule has 1 saturated carbocycles. The van der Waals surface area contributed by atoms with Gasteiger partial charge in [-0.15, -0.1) is 0 Å².